The molecule has 0 aliphatic heterocycles. The molecule has 0 unspecified atom stereocenters. The zero-order chi connectivity index (χ0) is 13.1. The third kappa shape index (κ3) is 1.18. The molecule has 3 aromatic carbocycles. The van der Waals surface area contributed by atoms with Gasteiger partial charge in [0.25, 0.3) is 0 Å². The highest BCUT2D eigenvalue weighted by atomic mass is 14.7. The fourth-order valence-electron chi connectivity index (χ4n) is 3.21. The Morgan fingerprint density at radius 3 is 2.50 bits per heavy atom. The van der Waals surface area contributed by atoms with Crippen molar-refractivity contribution < 1.29 is 0 Å². The predicted octanol–water partition coefficient (Wildman–Crippen LogP) is 4.96. The fraction of sp³-hybridized carbons (Fsp3) is 0. The molecule has 2 nitrogen and oxygen atoms in total. The summed E-state index contributed by atoms with van der Waals surface area (Å²) >= 11 is 0. The Bertz CT molecular complexity index is 1100. The SMILES string of the molecule is c1ccc2c(c1)[nH]c1cc3c(ccc4[nH]ccc43)cc12. The summed E-state index contributed by atoms with van der Waals surface area (Å²) in [5.74, 6) is 0. The number of rotatable bonds is 0. The molecule has 2 N–H and O–H groups in total. The van der Waals surface area contributed by atoms with E-state index in [0.717, 1.165) is 0 Å². The van der Waals surface area contributed by atoms with Crippen LogP contribution in [0.25, 0.3) is 43.5 Å². The second-order valence-corrected chi connectivity index (χ2v) is 5.29. The van der Waals surface area contributed by atoms with Crippen molar-refractivity contribution in [3.63, 3.8) is 0 Å². The van der Waals surface area contributed by atoms with E-state index in [1.165, 1.54) is 43.5 Å². The van der Waals surface area contributed by atoms with Gasteiger partial charge < -0.3 is 9.97 Å². The molecule has 0 spiro atoms. The zero-order valence-electron chi connectivity index (χ0n) is 10.8. The quantitative estimate of drug-likeness (QED) is 0.392. The Kier molecular flexibility index (Phi) is 1.73. The standard InChI is InChI=1S/C18H12N2/c1-2-4-17-12(3-1)15-9-11-5-6-16-13(7-8-19-16)14(11)10-18(15)20-17/h1-10,19-20H. The highest BCUT2D eigenvalue weighted by Crippen LogP contribution is 2.32. The molecule has 0 saturated carbocycles. The molecule has 0 atom stereocenters. The van der Waals surface area contributed by atoms with Crippen molar-refractivity contribution >= 4 is 43.5 Å². The van der Waals surface area contributed by atoms with Crippen molar-refractivity contribution in [2.45, 2.75) is 0 Å². The fourth-order valence-corrected chi connectivity index (χ4v) is 3.21. The van der Waals surface area contributed by atoms with Gasteiger partial charge >= 0.3 is 0 Å². The molecule has 0 aliphatic carbocycles. The summed E-state index contributed by atoms with van der Waals surface area (Å²) < 4.78 is 0. The molecule has 5 rings (SSSR count). The smallest absolute Gasteiger partial charge is 0.0471 e. The lowest BCUT2D eigenvalue weighted by Crippen LogP contribution is -1.76. The predicted molar refractivity (Wildman–Crippen MR) is 85.2 cm³/mol. The van der Waals surface area contributed by atoms with Crippen molar-refractivity contribution in [2.24, 2.45) is 0 Å². The third-order valence-corrected chi connectivity index (χ3v) is 4.17. The number of nitrogens with one attached hydrogen (secondary N) is 2. The number of hydrogen-bond acceptors (Lipinski definition) is 0. The van der Waals surface area contributed by atoms with E-state index >= 15 is 0 Å². The molecule has 0 saturated heterocycles. The first-order valence-electron chi connectivity index (χ1n) is 6.80. The van der Waals surface area contributed by atoms with Gasteiger partial charge in [-0.1, -0.05) is 24.3 Å². The normalized spacial score (nSPS) is 12.0. The molecule has 0 radical (unpaired) electrons. The molecule has 20 heavy (non-hydrogen) atoms. The lowest BCUT2D eigenvalue weighted by atomic mass is 10.0. The molecule has 2 aromatic heterocycles. The maximum atomic E-state index is 3.52. The van der Waals surface area contributed by atoms with Crippen LogP contribution in [0.3, 0.4) is 0 Å². The van der Waals surface area contributed by atoms with Crippen molar-refractivity contribution in [1.82, 2.24) is 9.97 Å². The highest BCUT2D eigenvalue weighted by Gasteiger charge is 2.07. The van der Waals surface area contributed by atoms with Crippen LogP contribution < -0.4 is 0 Å². The summed E-state index contributed by atoms with van der Waals surface area (Å²) in [6.07, 6.45) is 2.00. The Morgan fingerprint density at radius 2 is 1.50 bits per heavy atom. The first-order chi connectivity index (χ1) is 9.90. The number of aromatic amines is 2. The van der Waals surface area contributed by atoms with Gasteiger partial charge in [-0.25, -0.2) is 0 Å². The van der Waals surface area contributed by atoms with E-state index in [-0.39, 0.29) is 0 Å². The number of fused-ring (bicyclic) bond motifs is 6. The van der Waals surface area contributed by atoms with Crippen LogP contribution in [-0.2, 0) is 0 Å². The van der Waals surface area contributed by atoms with E-state index in [9.17, 15) is 0 Å². The molecule has 0 aliphatic rings. The average molecular weight is 256 g/mol. The third-order valence-electron chi connectivity index (χ3n) is 4.17. The zero-order valence-corrected chi connectivity index (χ0v) is 10.8. The minimum Gasteiger partial charge on any atom is -0.361 e. The summed E-state index contributed by atoms with van der Waals surface area (Å²) in [6, 6.07) is 19.5. The van der Waals surface area contributed by atoms with Gasteiger partial charge in [-0.2, -0.15) is 0 Å². The van der Waals surface area contributed by atoms with E-state index in [1.54, 1.807) is 0 Å². The first-order valence-corrected chi connectivity index (χ1v) is 6.80. The van der Waals surface area contributed by atoms with Crippen LogP contribution in [-0.4, -0.2) is 9.97 Å². The van der Waals surface area contributed by atoms with E-state index in [1.807, 2.05) is 6.20 Å². The van der Waals surface area contributed by atoms with Crippen LogP contribution in [0, 0.1) is 0 Å². The summed E-state index contributed by atoms with van der Waals surface area (Å²) in [4.78, 5) is 6.79. The molecule has 0 fully saturated rings. The maximum Gasteiger partial charge on any atom is 0.0471 e. The van der Waals surface area contributed by atoms with Crippen LogP contribution >= 0.6 is 0 Å². The second kappa shape index (κ2) is 3.42. The first kappa shape index (κ1) is 10.1. The van der Waals surface area contributed by atoms with Crippen LogP contribution in [0.2, 0.25) is 0 Å². The van der Waals surface area contributed by atoms with E-state index < -0.39 is 0 Å². The van der Waals surface area contributed by atoms with E-state index in [4.69, 9.17) is 0 Å². The van der Waals surface area contributed by atoms with Gasteiger partial charge in [0.2, 0.25) is 0 Å². The Hall–Kier alpha value is -2.74. The monoisotopic (exact) mass is 256 g/mol. The molecule has 5 aromatic rings. The van der Waals surface area contributed by atoms with Gasteiger partial charge in [0.05, 0.1) is 0 Å². The van der Waals surface area contributed by atoms with Crippen LogP contribution in [0.4, 0.5) is 0 Å². The van der Waals surface area contributed by atoms with Crippen molar-refractivity contribution in [2.75, 3.05) is 0 Å². The number of H-pyrrole nitrogens is 2. The average Bonchev–Trinajstić information content (AvgIpc) is 3.09. The molecule has 0 bridgehead atoms. The summed E-state index contributed by atoms with van der Waals surface area (Å²) in [5.41, 5.74) is 3.59. The van der Waals surface area contributed by atoms with E-state index in [0.29, 0.717) is 0 Å². The van der Waals surface area contributed by atoms with Gasteiger partial charge in [0.1, 0.15) is 0 Å². The van der Waals surface area contributed by atoms with Crippen molar-refractivity contribution in [3.8, 4) is 0 Å². The Morgan fingerprint density at radius 1 is 0.600 bits per heavy atom. The largest absolute Gasteiger partial charge is 0.361 e. The minimum absolute atomic E-state index is 1.19. The second-order valence-electron chi connectivity index (χ2n) is 5.29. The topological polar surface area (TPSA) is 31.6 Å². The summed E-state index contributed by atoms with van der Waals surface area (Å²) in [5, 5.41) is 6.45. The van der Waals surface area contributed by atoms with Crippen LogP contribution in [0.5, 0.6) is 0 Å². The number of hydrogen-bond donors (Lipinski definition) is 2. The van der Waals surface area contributed by atoms with E-state index in [2.05, 4.69) is 64.6 Å². The van der Waals surface area contributed by atoms with Gasteiger partial charge in [0.15, 0.2) is 0 Å². The minimum atomic E-state index is 1.19. The number of aromatic nitrogens is 2. The number of benzene rings is 3. The molecule has 2 heteroatoms. The van der Waals surface area contributed by atoms with Crippen LogP contribution in [0.15, 0.2) is 60.8 Å². The molecule has 2 heterocycles. The van der Waals surface area contributed by atoms with Crippen molar-refractivity contribution in [3.05, 3.63) is 60.8 Å². The van der Waals surface area contributed by atoms with Gasteiger partial charge in [-0.05, 0) is 41.1 Å². The van der Waals surface area contributed by atoms with Crippen molar-refractivity contribution in [1.29, 1.82) is 0 Å². The van der Waals surface area contributed by atoms with Crippen LogP contribution in [0.1, 0.15) is 0 Å². The lowest BCUT2D eigenvalue weighted by molar-refractivity contribution is 1.48. The van der Waals surface area contributed by atoms with Gasteiger partial charge in [0, 0.05) is 38.9 Å². The number of para-hydroxylation sites is 1. The Balaban J connectivity index is 2.06. The molecule has 94 valence electrons. The molecule has 0 amide bonds. The Labute approximate surface area is 115 Å². The highest BCUT2D eigenvalue weighted by molar-refractivity contribution is 6.16. The summed E-state index contributed by atoms with van der Waals surface area (Å²) in [6.45, 7) is 0. The van der Waals surface area contributed by atoms with Gasteiger partial charge in [-0.3, -0.25) is 0 Å². The summed E-state index contributed by atoms with van der Waals surface area (Å²) in [7, 11) is 0. The molecular weight excluding hydrogens is 244 g/mol. The maximum absolute atomic E-state index is 3.52. The lowest BCUT2D eigenvalue weighted by Gasteiger charge is -2.01. The molecular formula is C18H12N2. The van der Waals surface area contributed by atoms with Gasteiger partial charge in [-0.15, -0.1) is 0 Å².